The molecular formula is C18H20N2O2. The van der Waals surface area contributed by atoms with Gasteiger partial charge in [-0.1, -0.05) is 30.7 Å². The van der Waals surface area contributed by atoms with Crippen molar-refractivity contribution in [2.75, 3.05) is 7.05 Å². The molecule has 1 aliphatic rings. The van der Waals surface area contributed by atoms with Gasteiger partial charge in [-0.2, -0.15) is 0 Å². The van der Waals surface area contributed by atoms with Crippen molar-refractivity contribution >= 4 is 5.91 Å². The highest BCUT2D eigenvalue weighted by atomic mass is 16.5. The highest BCUT2D eigenvalue weighted by Crippen LogP contribution is 2.29. The van der Waals surface area contributed by atoms with E-state index in [0.29, 0.717) is 12.4 Å². The third-order valence-electron chi connectivity index (χ3n) is 4.05. The van der Waals surface area contributed by atoms with Crippen LogP contribution >= 0.6 is 0 Å². The predicted octanol–water partition coefficient (Wildman–Crippen LogP) is 3.63. The van der Waals surface area contributed by atoms with E-state index in [2.05, 4.69) is 4.98 Å². The first-order valence-corrected chi connectivity index (χ1v) is 7.66. The fourth-order valence-electron chi connectivity index (χ4n) is 2.54. The van der Waals surface area contributed by atoms with Crippen molar-refractivity contribution in [2.24, 2.45) is 5.92 Å². The Hall–Kier alpha value is -2.36. The van der Waals surface area contributed by atoms with Crippen LogP contribution in [0, 0.1) is 5.92 Å². The summed E-state index contributed by atoms with van der Waals surface area (Å²) in [5.74, 6) is 1.73. The minimum absolute atomic E-state index is 0.208. The van der Waals surface area contributed by atoms with Crippen LogP contribution in [0.15, 0.2) is 48.7 Å². The van der Waals surface area contributed by atoms with Crippen molar-refractivity contribution in [3.05, 3.63) is 54.2 Å². The zero-order valence-electron chi connectivity index (χ0n) is 12.7. The molecule has 1 amide bonds. The Morgan fingerprint density at radius 3 is 2.68 bits per heavy atom. The van der Waals surface area contributed by atoms with Gasteiger partial charge in [-0.25, -0.2) is 4.98 Å². The van der Waals surface area contributed by atoms with Crippen molar-refractivity contribution < 1.29 is 9.53 Å². The highest BCUT2D eigenvalue weighted by molar-refractivity contribution is 5.79. The van der Waals surface area contributed by atoms with Crippen LogP contribution in [-0.4, -0.2) is 22.8 Å². The van der Waals surface area contributed by atoms with Crippen LogP contribution < -0.4 is 4.74 Å². The maximum Gasteiger partial charge on any atom is 0.225 e. The zero-order valence-corrected chi connectivity index (χ0v) is 12.7. The molecule has 1 saturated carbocycles. The average Bonchev–Trinajstić information content (AvgIpc) is 2.48. The standard InChI is InChI=1S/C18H20N2O2/c1-20(18(21)14-7-5-8-14)13-15-9-6-12-19-17(15)22-16-10-3-2-4-11-16/h2-4,6,9-12,14H,5,7-8,13H2,1H3. The summed E-state index contributed by atoms with van der Waals surface area (Å²) in [5.41, 5.74) is 0.918. The second-order valence-electron chi connectivity index (χ2n) is 5.70. The molecule has 1 aliphatic carbocycles. The Balaban J connectivity index is 1.72. The van der Waals surface area contributed by atoms with Gasteiger partial charge >= 0.3 is 0 Å². The van der Waals surface area contributed by atoms with Crippen molar-refractivity contribution in [1.82, 2.24) is 9.88 Å². The van der Waals surface area contributed by atoms with Gasteiger partial charge in [0.25, 0.3) is 0 Å². The van der Waals surface area contributed by atoms with Crippen molar-refractivity contribution in [1.29, 1.82) is 0 Å². The first-order valence-electron chi connectivity index (χ1n) is 7.66. The van der Waals surface area contributed by atoms with Crippen LogP contribution in [0.5, 0.6) is 11.6 Å². The lowest BCUT2D eigenvalue weighted by Gasteiger charge is -2.29. The minimum Gasteiger partial charge on any atom is -0.439 e. The average molecular weight is 296 g/mol. The number of nitrogens with zero attached hydrogens (tertiary/aromatic N) is 2. The molecule has 0 aliphatic heterocycles. The van der Waals surface area contributed by atoms with Crippen LogP contribution in [0.2, 0.25) is 0 Å². The Morgan fingerprint density at radius 1 is 1.23 bits per heavy atom. The summed E-state index contributed by atoms with van der Waals surface area (Å²) in [5, 5.41) is 0. The fourth-order valence-corrected chi connectivity index (χ4v) is 2.54. The van der Waals surface area contributed by atoms with Gasteiger partial charge in [0.05, 0.1) is 6.54 Å². The van der Waals surface area contributed by atoms with E-state index in [1.807, 2.05) is 49.5 Å². The molecule has 0 bridgehead atoms. The van der Waals surface area contributed by atoms with E-state index in [1.54, 1.807) is 11.1 Å². The zero-order chi connectivity index (χ0) is 15.4. The Kier molecular flexibility index (Phi) is 4.37. The molecule has 1 aromatic carbocycles. The summed E-state index contributed by atoms with van der Waals surface area (Å²) in [4.78, 5) is 18.3. The number of rotatable bonds is 5. The molecule has 0 spiro atoms. The topological polar surface area (TPSA) is 42.4 Å². The molecule has 0 atom stereocenters. The SMILES string of the molecule is CN(Cc1cccnc1Oc1ccccc1)C(=O)C1CCC1. The van der Waals surface area contributed by atoms with E-state index < -0.39 is 0 Å². The molecule has 4 nitrogen and oxygen atoms in total. The van der Waals surface area contributed by atoms with E-state index in [0.717, 1.165) is 24.2 Å². The van der Waals surface area contributed by atoms with Crippen molar-refractivity contribution in [3.8, 4) is 11.6 Å². The number of carbonyl (C=O) groups excluding carboxylic acids is 1. The van der Waals surface area contributed by atoms with Crippen LogP contribution in [0.3, 0.4) is 0 Å². The number of amides is 1. The van der Waals surface area contributed by atoms with Crippen LogP contribution in [0.4, 0.5) is 0 Å². The molecule has 0 unspecified atom stereocenters. The Labute approximate surface area is 130 Å². The predicted molar refractivity (Wildman–Crippen MR) is 84.6 cm³/mol. The minimum atomic E-state index is 0.208. The maximum atomic E-state index is 12.3. The first kappa shape index (κ1) is 14.6. The summed E-state index contributed by atoms with van der Waals surface area (Å²) in [6.45, 7) is 0.519. The van der Waals surface area contributed by atoms with Crippen molar-refractivity contribution in [2.45, 2.75) is 25.8 Å². The summed E-state index contributed by atoms with van der Waals surface area (Å²) in [6, 6.07) is 13.4. The van der Waals surface area contributed by atoms with E-state index in [9.17, 15) is 4.79 Å². The van der Waals surface area contributed by atoms with E-state index in [-0.39, 0.29) is 11.8 Å². The second kappa shape index (κ2) is 6.60. The molecule has 2 aromatic rings. The van der Waals surface area contributed by atoms with Gasteiger partial charge in [-0.15, -0.1) is 0 Å². The van der Waals surface area contributed by atoms with Gasteiger partial charge in [-0.3, -0.25) is 4.79 Å². The third-order valence-corrected chi connectivity index (χ3v) is 4.05. The van der Waals surface area contributed by atoms with E-state index in [1.165, 1.54) is 6.42 Å². The van der Waals surface area contributed by atoms with Crippen LogP contribution in [0.1, 0.15) is 24.8 Å². The number of carbonyl (C=O) groups is 1. The lowest BCUT2D eigenvalue weighted by Crippen LogP contribution is -2.35. The maximum absolute atomic E-state index is 12.3. The molecule has 0 N–H and O–H groups in total. The molecular weight excluding hydrogens is 276 g/mol. The summed E-state index contributed by atoms with van der Waals surface area (Å²) < 4.78 is 5.84. The number of ether oxygens (including phenoxy) is 1. The van der Waals surface area contributed by atoms with Crippen LogP contribution in [-0.2, 0) is 11.3 Å². The van der Waals surface area contributed by atoms with Gasteiger partial charge in [0, 0.05) is 24.7 Å². The van der Waals surface area contributed by atoms with E-state index >= 15 is 0 Å². The molecule has 3 rings (SSSR count). The Morgan fingerprint density at radius 2 is 2.00 bits per heavy atom. The monoisotopic (exact) mass is 296 g/mol. The third kappa shape index (κ3) is 3.27. The molecule has 114 valence electrons. The number of aromatic nitrogens is 1. The van der Waals surface area contributed by atoms with Gasteiger partial charge in [0.15, 0.2) is 0 Å². The Bertz CT molecular complexity index is 639. The first-order chi connectivity index (χ1) is 10.7. The number of benzene rings is 1. The summed E-state index contributed by atoms with van der Waals surface area (Å²) in [6.07, 6.45) is 4.90. The number of hydrogen-bond acceptors (Lipinski definition) is 3. The van der Waals surface area contributed by atoms with Gasteiger partial charge in [0.2, 0.25) is 11.8 Å². The molecule has 0 saturated heterocycles. The quantitative estimate of drug-likeness (QED) is 0.846. The van der Waals surface area contributed by atoms with Gasteiger partial charge in [-0.05, 0) is 31.0 Å². The summed E-state index contributed by atoms with van der Waals surface area (Å²) >= 11 is 0. The molecule has 1 heterocycles. The van der Waals surface area contributed by atoms with Crippen LogP contribution in [0.25, 0.3) is 0 Å². The van der Waals surface area contributed by atoms with Gasteiger partial charge in [0.1, 0.15) is 5.75 Å². The molecule has 1 aromatic heterocycles. The number of hydrogen-bond donors (Lipinski definition) is 0. The second-order valence-corrected chi connectivity index (χ2v) is 5.70. The molecule has 22 heavy (non-hydrogen) atoms. The number of pyridine rings is 1. The molecule has 0 radical (unpaired) electrons. The highest BCUT2D eigenvalue weighted by Gasteiger charge is 2.28. The fraction of sp³-hybridized carbons (Fsp3) is 0.333. The largest absolute Gasteiger partial charge is 0.439 e. The number of para-hydroxylation sites is 1. The lowest BCUT2D eigenvalue weighted by atomic mass is 9.84. The smallest absolute Gasteiger partial charge is 0.225 e. The molecule has 1 fully saturated rings. The molecule has 4 heteroatoms. The summed E-state index contributed by atoms with van der Waals surface area (Å²) in [7, 11) is 1.85. The normalized spacial score (nSPS) is 14.2. The van der Waals surface area contributed by atoms with E-state index in [4.69, 9.17) is 4.74 Å². The lowest BCUT2D eigenvalue weighted by molar-refractivity contribution is -0.137. The van der Waals surface area contributed by atoms with Gasteiger partial charge < -0.3 is 9.64 Å². The van der Waals surface area contributed by atoms with Crippen molar-refractivity contribution in [3.63, 3.8) is 0 Å².